The Morgan fingerprint density at radius 2 is 1.95 bits per heavy atom. The number of benzene rings is 1. The van der Waals surface area contributed by atoms with Gasteiger partial charge in [-0.3, -0.25) is 0 Å². The molecule has 98 valence electrons. The fraction of sp³-hybridized carbons (Fsp3) is 0.286. The van der Waals surface area contributed by atoms with Gasteiger partial charge in [0.1, 0.15) is 5.82 Å². The molecule has 0 amide bonds. The van der Waals surface area contributed by atoms with Gasteiger partial charge in [0.2, 0.25) is 0 Å². The largest absolute Gasteiger partial charge is 0.505 e. The maximum atomic E-state index is 13.4. The van der Waals surface area contributed by atoms with Crippen LogP contribution in [0.3, 0.4) is 0 Å². The monoisotopic (exact) mass is 259 g/mol. The summed E-state index contributed by atoms with van der Waals surface area (Å²) in [6.07, 6.45) is 3.99. The number of phenolic OH excluding ortho intramolecular Hbond substituents is 1. The average Bonchev–Trinajstić information content (AvgIpc) is 2.42. The summed E-state index contributed by atoms with van der Waals surface area (Å²) >= 11 is 0. The van der Waals surface area contributed by atoms with Gasteiger partial charge in [-0.1, -0.05) is 0 Å². The van der Waals surface area contributed by atoms with E-state index in [0.29, 0.717) is 17.2 Å². The van der Waals surface area contributed by atoms with Crippen LogP contribution in [0, 0.1) is 5.82 Å². The summed E-state index contributed by atoms with van der Waals surface area (Å²) in [5, 5.41) is 9.20. The average molecular weight is 259 g/mol. The van der Waals surface area contributed by atoms with Gasteiger partial charge in [0.15, 0.2) is 17.4 Å². The Balaban J connectivity index is 2.10. The zero-order valence-electron chi connectivity index (χ0n) is 10.4. The van der Waals surface area contributed by atoms with Gasteiger partial charge in [0.05, 0.1) is 0 Å². The standard InChI is InChI=1S/C14H14FN3O/c15-10-7-8(5-6-12(10)19)14-17-11-4-2-1-3-9(11)13(16)18-14/h5-7,19H,1-4H2,(H2,16,17,18). The molecule has 1 aromatic heterocycles. The lowest BCUT2D eigenvalue weighted by atomic mass is 9.96. The number of nitrogens with zero attached hydrogens (tertiary/aromatic N) is 2. The van der Waals surface area contributed by atoms with Crippen molar-refractivity contribution in [2.45, 2.75) is 25.7 Å². The third kappa shape index (κ3) is 2.12. The number of hydrogen-bond acceptors (Lipinski definition) is 4. The molecule has 1 aliphatic carbocycles. The number of phenols is 1. The normalized spacial score (nSPS) is 14.2. The molecule has 0 fully saturated rings. The molecule has 2 aromatic rings. The van der Waals surface area contributed by atoms with Crippen molar-refractivity contribution >= 4 is 5.82 Å². The van der Waals surface area contributed by atoms with Gasteiger partial charge >= 0.3 is 0 Å². The number of nitrogen functional groups attached to an aromatic ring is 1. The molecule has 1 heterocycles. The van der Waals surface area contributed by atoms with Crippen molar-refractivity contribution in [2.75, 3.05) is 5.73 Å². The highest BCUT2D eigenvalue weighted by Gasteiger charge is 2.17. The van der Waals surface area contributed by atoms with E-state index >= 15 is 0 Å². The van der Waals surface area contributed by atoms with Crippen LogP contribution >= 0.6 is 0 Å². The molecule has 1 aliphatic rings. The summed E-state index contributed by atoms with van der Waals surface area (Å²) in [5.41, 5.74) is 8.46. The quantitative estimate of drug-likeness (QED) is 0.825. The lowest BCUT2D eigenvalue weighted by Crippen LogP contribution is -2.11. The van der Waals surface area contributed by atoms with E-state index in [4.69, 9.17) is 5.73 Å². The topological polar surface area (TPSA) is 72.0 Å². The summed E-state index contributed by atoms with van der Waals surface area (Å²) in [4.78, 5) is 8.72. The maximum Gasteiger partial charge on any atom is 0.165 e. The summed E-state index contributed by atoms with van der Waals surface area (Å²) in [6.45, 7) is 0. The molecule has 0 saturated carbocycles. The second-order valence-corrected chi connectivity index (χ2v) is 4.73. The van der Waals surface area contributed by atoms with Gasteiger partial charge in [-0.25, -0.2) is 14.4 Å². The zero-order chi connectivity index (χ0) is 13.4. The van der Waals surface area contributed by atoms with Crippen molar-refractivity contribution in [3.05, 3.63) is 35.3 Å². The van der Waals surface area contributed by atoms with Crippen LogP contribution in [-0.4, -0.2) is 15.1 Å². The van der Waals surface area contributed by atoms with Crippen molar-refractivity contribution in [2.24, 2.45) is 0 Å². The van der Waals surface area contributed by atoms with Crippen molar-refractivity contribution < 1.29 is 9.50 Å². The number of aromatic nitrogens is 2. The fourth-order valence-corrected chi connectivity index (χ4v) is 2.40. The number of rotatable bonds is 1. The number of hydrogen-bond donors (Lipinski definition) is 2. The molecule has 0 bridgehead atoms. The first-order valence-corrected chi connectivity index (χ1v) is 6.29. The molecular formula is C14H14FN3O. The first-order chi connectivity index (χ1) is 9.15. The van der Waals surface area contributed by atoms with Gasteiger partial charge in [-0.05, 0) is 43.9 Å². The number of anilines is 1. The summed E-state index contributed by atoms with van der Waals surface area (Å²) in [6, 6.07) is 4.10. The molecule has 0 saturated heterocycles. The lowest BCUT2D eigenvalue weighted by Gasteiger charge is -2.17. The zero-order valence-corrected chi connectivity index (χ0v) is 10.4. The van der Waals surface area contributed by atoms with Gasteiger partial charge in [-0.15, -0.1) is 0 Å². The summed E-state index contributed by atoms with van der Waals surface area (Å²) in [5.74, 6) is -0.169. The van der Waals surface area contributed by atoms with E-state index in [1.54, 1.807) is 6.07 Å². The fourth-order valence-electron chi connectivity index (χ4n) is 2.40. The van der Waals surface area contributed by atoms with E-state index in [0.717, 1.165) is 36.9 Å². The Kier molecular flexibility index (Phi) is 2.81. The van der Waals surface area contributed by atoms with Gasteiger partial charge in [-0.2, -0.15) is 0 Å². The van der Waals surface area contributed by atoms with Crippen LogP contribution in [0.5, 0.6) is 5.75 Å². The van der Waals surface area contributed by atoms with E-state index in [9.17, 15) is 9.50 Å². The van der Waals surface area contributed by atoms with E-state index in [-0.39, 0.29) is 5.75 Å². The highest BCUT2D eigenvalue weighted by molar-refractivity contribution is 5.60. The minimum Gasteiger partial charge on any atom is -0.505 e. The molecule has 3 rings (SSSR count). The smallest absolute Gasteiger partial charge is 0.165 e. The van der Waals surface area contributed by atoms with E-state index in [1.165, 1.54) is 12.1 Å². The number of halogens is 1. The highest BCUT2D eigenvalue weighted by atomic mass is 19.1. The molecule has 0 atom stereocenters. The van der Waals surface area contributed by atoms with Crippen molar-refractivity contribution in [1.29, 1.82) is 0 Å². The SMILES string of the molecule is Nc1nc(-c2ccc(O)c(F)c2)nc2c1CCCC2. The first kappa shape index (κ1) is 11.9. The minimum atomic E-state index is -0.683. The molecule has 0 unspecified atom stereocenters. The maximum absolute atomic E-state index is 13.4. The number of aryl methyl sites for hydroxylation is 1. The second-order valence-electron chi connectivity index (χ2n) is 4.73. The van der Waals surface area contributed by atoms with Crippen LogP contribution < -0.4 is 5.73 Å². The predicted molar refractivity (Wildman–Crippen MR) is 70.1 cm³/mol. The Morgan fingerprint density at radius 3 is 2.74 bits per heavy atom. The van der Waals surface area contributed by atoms with Crippen LogP contribution in [0.25, 0.3) is 11.4 Å². The van der Waals surface area contributed by atoms with Gasteiger partial charge in [0.25, 0.3) is 0 Å². The molecule has 1 aromatic carbocycles. The summed E-state index contributed by atoms with van der Waals surface area (Å²) in [7, 11) is 0. The molecule has 0 radical (unpaired) electrons. The number of aromatic hydroxyl groups is 1. The van der Waals surface area contributed by atoms with Crippen LogP contribution in [0.15, 0.2) is 18.2 Å². The van der Waals surface area contributed by atoms with Gasteiger partial charge < -0.3 is 10.8 Å². The molecule has 4 nitrogen and oxygen atoms in total. The van der Waals surface area contributed by atoms with Crippen molar-refractivity contribution in [3.8, 4) is 17.1 Å². The minimum absolute atomic E-state index is 0.380. The summed E-state index contributed by atoms with van der Waals surface area (Å²) < 4.78 is 13.4. The van der Waals surface area contributed by atoms with Crippen LogP contribution in [0.4, 0.5) is 10.2 Å². The number of fused-ring (bicyclic) bond motifs is 1. The van der Waals surface area contributed by atoms with E-state index in [1.807, 2.05) is 0 Å². The second kappa shape index (κ2) is 4.50. The highest BCUT2D eigenvalue weighted by Crippen LogP contribution is 2.28. The Labute approximate surface area is 110 Å². The van der Waals surface area contributed by atoms with Crippen LogP contribution in [0.1, 0.15) is 24.1 Å². The van der Waals surface area contributed by atoms with Crippen molar-refractivity contribution in [1.82, 2.24) is 9.97 Å². The Morgan fingerprint density at radius 1 is 1.16 bits per heavy atom. The van der Waals surface area contributed by atoms with E-state index in [2.05, 4.69) is 9.97 Å². The van der Waals surface area contributed by atoms with E-state index < -0.39 is 5.82 Å². The molecule has 5 heteroatoms. The molecule has 19 heavy (non-hydrogen) atoms. The predicted octanol–water partition coefficient (Wildman–Crippen LogP) is 2.45. The van der Waals surface area contributed by atoms with Crippen LogP contribution in [0.2, 0.25) is 0 Å². The van der Waals surface area contributed by atoms with Crippen molar-refractivity contribution in [3.63, 3.8) is 0 Å². The first-order valence-electron chi connectivity index (χ1n) is 6.29. The molecule has 3 N–H and O–H groups in total. The molecular weight excluding hydrogens is 245 g/mol. The third-order valence-corrected chi connectivity index (χ3v) is 3.42. The molecule has 0 aliphatic heterocycles. The lowest BCUT2D eigenvalue weighted by molar-refractivity contribution is 0.432. The Bertz CT molecular complexity index is 643. The van der Waals surface area contributed by atoms with Crippen LogP contribution in [-0.2, 0) is 12.8 Å². The molecule has 0 spiro atoms. The number of nitrogens with two attached hydrogens (primary N) is 1. The van der Waals surface area contributed by atoms with Gasteiger partial charge in [0, 0.05) is 16.8 Å². The Hall–Kier alpha value is -2.17. The third-order valence-electron chi connectivity index (χ3n) is 3.42.